The van der Waals surface area contributed by atoms with Crippen molar-refractivity contribution in [3.05, 3.63) is 0 Å². The Morgan fingerprint density at radius 2 is 2.08 bits per heavy atom. The van der Waals surface area contributed by atoms with Crippen LogP contribution in [-0.2, 0) is 10.9 Å². The molecule has 6 heteroatoms. The van der Waals surface area contributed by atoms with Crippen LogP contribution >= 0.6 is 0 Å². The molecule has 12 heavy (non-hydrogen) atoms. The molecule has 0 aromatic heterocycles. The quantitative estimate of drug-likeness (QED) is 0.457. The minimum absolute atomic E-state index is 0.0248. The molecule has 1 unspecified atom stereocenters. The van der Waals surface area contributed by atoms with Crippen LogP contribution < -0.4 is 0 Å². The molecule has 0 saturated heterocycles. The number of hydrogen-bond acceptors (Lipinski definition) is 4. The Morgan fingerprint density at radius 3 is 2.42 bits per heavy atom. The van der Waals surface area contributed by atoms with E-state index in [1.807, 2.05) is 6.92 Å². The molecule has 0 aromatic carbocycles. The van der Waals surface area contributed by atoms with Crippen LogP contribution in [0.15, 0.2) is 0 Å². The number of nitrogens with zero attached hydrogens (tertiary/aromatic N) is 1. The maximum atomic E-state index is 10.5. The number of aliphatic hydroxyl groups excluding tert-OH is 2. The molecule has 0 aliphatic heterocycles. The van der Waals surface area contributed by atoms with Gasteiger partial charge in [0.1, 0.15) is 0 Å². The van der Waals surface area contributed by atoms with E-state index in [0.717, 1.165) is 4.31 Å². The number of rotatable bonds is 6. The zero-order valence-corrected chi connectivity index (χ0v) is 7.91. The molecular formula is C6H15NO4S. The maximum absolute atomic E-state index is 10.5. The molecule has 0 spiro atoms. The fraction of sp³-hybridized carbons (Fsp3) is 1.00. The lowest BCUT2D eigenvalue weighted by molar-refractivity contribution is 0.0794. The summed E-state index contributed by atoms with van der Waals surface area (Å²) in [5, 5.41) is 17.4. The average molecular weight is 197 g/mol. The van der Waals surface area contributed by atoms with Crippen LogP contribution in [0.1, 0.15) is 13.3 Å². The highest BCUT2D eigenvalue weighted by atomic mass is 32.2. The monoisotopic (exact) mass is 197 g/mol. The van der Waals surface area contributed by atoms with Crippen LogP contribution in [-0.4, -0.2) is 48.7 Å². The average Bonchev–Trinajstić information content (AvgIpc) is 2.03. The largest absolute Gasteiger partial charge is 0.394 e. The first-order valence-electron chi connectivity index (χ1n) is 3.80. The minimum Gasteiger partial charge on any atom is -0.394 e. The van der Waals surface area contributed by atoms with E-state index in [-0.39, 0.29) is 6.54 Å². The molecule has 0 rings (SSSR count). The van der Waals surface area contributed by atoms with E-state index < -0.39 is 23.6 Å². The van der Waals surface area contributed by atoms with Gasteiger partial charge in [0.15, 0.2) is 0 Å². The third-order valence-corrected chi connectivity index (χ3v) is 2.17. The highest BCUT2D eigenvalue weighted by Crippen LogP contribution is 1.94. The Balaban J connectivity index is 3.95. The first-order chi connectivity index (χ1) is 5.61. The van der Waals surface area contributed by atoms with E-state index in [4.69, 9.17) is 10.2 Å². The van der Waals surface area contributed by atoms with Gasteiger partial charge in [-0.1, -0.05) is 6.92 Å². The topological polar surface area (TPSA) is 77.8 Å². The Hall–Kier alpha value is -0.170. The zero-order chi connectivity index (χ0) is 9.56. The van der Waals surface area contributed by atoms with Gasteiger partial charge >= 0.3 is 0 Å². The second kappa shape index (κ2) is 6.36. The van der Waals surface area contributed by atoms with Crippen molar-refractivity contribution in [2.45, 2.75) is 19.4 Å². The molecule has 0 amide bonds. The number of hydrogen-bond donors (Lipinski definition) is 3. The van der Waals surface area contributed by atoms with Crippen LogP contribution in [0.4, 0.5) is 0 Å². The maximum Gasteiger partial charge on any atom is 0.204 e. The van der Waals surface area contributed by atoms with Crippen molar-refractivity contribution >= 4 is 10.9 Å². The lowest BCUT2D eigenvalue weighted by Crippen LogP contribution is -2.33. The van der Waals surface area contributed by atoms with E-state index in [9.17, 15) is 8.42 Å². The van der Waals surface area contributed by atoms with E-state index in [1.54, 1.807) is 0 Å². The van der Waals surface area contributed by atoms with E-state index in [0.29, 0.717) is 13.0 Å². The summed E-state index contributed by atoms with van der Waals surface area (Å²) in [6.07, 6.45) is -0.286. The van der Waals surface area contributed by atoms with Gasteiger partial charge in [-0.2, -0.15) is 0 Å². The van der Waals surface area contributed by atoms with Crippen LogP contribution in [0.2, 0.25) is 0 Å². The number of thiol groups is 1. The molecule has 0 aliphatic carbocycles. The van der Waals surface area contributed by atoms with Gasteiger partial charge in [-0.25, -0.2) is 12.7 Å². The van der Waals surface area contributed by atoms with Crippen molar-refractivity contribution in [2.75, 3.05) is 19.7 Å². The highest BCUT2D eigenvalue weighted by Gasteiger charge is 2.11. The van der Waals surface area contributed by atoms with Crippen molar-refractivity contribution in [3.8, 4) is 0 Å². The van der Waals surface area contributed by atoms with Crippen LogP contribution in [0.25, 0.3) is 0 Å². The van der Waals surface area contributed by atoms with Crippen molar-refractivity contribution in [1.82, 2.24) is 4.31 Å². The first kappa shape index (κ1) is 11.8. The molecule has 5 nitrogen and oxygen atoms in total. The Kier molecular flexibility index (Phi) is 6.27. The zero-order valence-electron chi connectivity index (χ0n) is 7.01. The molecule has 0 aromatic rings. The Bertz CT molecular complexity index is 174. The smallest absolute Gasteiger partial charge is 0.204 e. The van der Waals surface area contributed by atoms with E-state index in [2.05, 4.69) is 0 Å². The standard InChI is InChI=1S/C6H15NO4S/c1-2-3-7(12(10)11)4-6(9)5-8/h6,8-9,12H,2-5H2,1H3. The van der Waals surface area contributed by atoms with Gasteiger partial charge in [0.2, 0.25) is 10.9 Å². The molecule has 0 aliphatic rings. The molecule has 0 fully saturated rings. The second-order valence-corrected chi connectivity index (χ2v) is 3.53. The predicted octanol–water partition coefficient (Wildman–Crippen LogP) is -1.42. The summed E-state index contributed by atoms with van der Waals surface area (Å²) in [4.78, 5) is 0. The molecule has 2 N–H and O–H groups in total. The Labute approximate surface area is 73.7 Å². The molecular weight excluding hydrogens is 182 g/mol. The first-order valence-corrected chi connectivity index (χ1v) is 4.93. The molecule has 74 valence electrons. The minimum atomic E-state index is -2.65. The normalized spacial score (nSPS) is 14.1. The summed E-state index contributed by atoms with van der Waals surface area (Å²) in [6.45, 7) is 1.79. The third-order valence-electron chi connectivity index (χ3n) is 1.34. The van der Waals surface area contributed by atoms with Crippen molar-refractivity contribution < 1.29 is 18.6 Å². The molecule has 0 bridgehead atoms. The fourth-order valence-corrected chi connectivity index (χ4v) is 1.48. The molecule has 0 heterocycles. The molecule has 0 saturated carbocycles. The van der Waals surface area contributed by atoms with Crippen LogP contribution in [0.3, 0.4) is 0 Å². The van der Waals surface area contributed by atoms with Gasteiger partial charge < -0.3 is 10.2 Å². The van der Waals surface area contributed by atoms with Gasteiger partial charge in [-0.05, 0) is 6.42 Å². The van der Waals surface area contributed by atoms with Gasteiger partial charge in [0, 0.05) is 13.1 Å². The summed E-state index contributed by atoms with van der Waals surface area (Å²) >= 11 is 0. The van der Waals surface area contributed by atoms with Crippen molar-refractivity contribution in [3.63, 3.8) is 0 Å². The van der Waals surface area contributed by atoms with E-state index >= 15 is 0 Å². The lowest BCUT2D eigenvalue weighted by Gasteiger charge is -2.16. The Morgan fingerprint density at radius 1 is 1.50 bits per heavy atom. The third kappa shape index (κ3) is 4.66. The highest BCUT2D eigenvalue weighted by molar-refractivity contribution is 7.69. The summed E-state index contributed by atoms with van der Waals surface area (Å²) in [5.74, 6) is 0. The van der Waals surface area contributed by atoms with Crippen LogP contribution in [0.5, 0.6) is 0 Å². The summed E-state index contributed by atoms with van der Waals surface area (Å²) in [6, 6.07) is 0. The van der Waals surface area contributed by atoms with Gasteiger partial charge in [0.25, 0.3) is 0 Å². The second-order valence-electron chi connectivity index (χ2n) is 2.49. The van der Waals surface area contributed by atoms with E-state index in [1.165, 1.54) is 0 Å². The SMILES string of the molecule is CCCN(CC(O)CO)[SH](=O)=O. The fourth-order valence-electron chi connectivity index (χ4n) is 0.799. The van der Waals surface area contributed by atoms with Gasteiger partial charge in [-0.15, -0.1) is 0 Å². The number of aliphatic hydroxyl groups is 2. The van der Waals surface area contributed by atoms with Crippen molar-refractivity contribution in [1.29, 1.82) is 0 Å². The van der Waals surface area contributed by atoms with Gasteiger partial charge in [0.05, 0.1) is 12.7 Å². The van der Waals surface area contributed by atoms with Crippen LogP contribution in [0, 0.1) is 0 Å². The lowest BCUT2D eigenvalue weighted by atomic mass is 10.3. The summed E-state index contributed by atoms with van der Waals surface area (Å²) in [7, 11) is -2.65. The van der Waals surface area contributed by atoms with Crippen molar-refractivity contribution in [2.24, 2.45) is 0 Å². The van der Waals surface area contributed by atoms with Gasteiger partial charge in [-0.3, -0.25) is 0 Å². The predicted molar refractivity (Wildman–Crippen MR) is 45.3 cm³/mol. The molecule has 0 radical (unpaired) electrons. The molecule has 1 atom stereocenters. The summed E-state index contributed by atoms with van der Waals surface area (Å²) in [5.41, 5.74) is 0. The summed E-state index contributed by atoms with van der Waals surface area (Å²) < 4.78 is 22.1.